The highest BCUT2D eigenvalue weighted by atomic mass is 16.4. The molecule has 1 atom stereocenters. The fourth-order valence-electron chi connectivity index (χ4n) is 2.59. The Hall–Kier alpha value is -2.36. The molecule has 0 saturated carbocycles. The summed E-state index contributed by atoms with van der Waals surface area (Å²) in [5.41, 5.74) is 0.798. The predicted molar refractivity (Wildman–Crippen MR) is 72.0 cm³/mol. The SMILES string of the molecule is O=C(O)[C@H]1CCN(c2cccc3ccccc23)C1=O. The highest BCUT2D eigenvalue weighted by Crippen LogP contribution is 2.31. The van der Waals surface area contributed by atoms with E-state index in [9.17, 15) is 9.59 Å². The van der Waals surface area contributed by atoms with Gasteiger partial charge in [0.15, 0.2) is 0 Å². The fourth-order valence-corrected chi connectivity index (χ4v) is 2.59. The first-order chi connectivity index (χ1) is 9.18. The lowest BCUT2D eigenvalue weighted by atomic mass is 10.1. The van der Waals surface area contributed by atoms with Crippen LogP contribution in [0.25, 0.3) is 10.8 Å². The summed E-state index contributed by atoms with van der Waals surface area (Å²) in [7, 11) is 0. The molecule has 0 aliphatic carbocycles. The molecular weight excluding hydrogens is 242 g/mol. The number of hydrogen-bond donors (Lipinski definition) is 1. The van der Waals surface area contributed by atoms with Crippen molar-refractivity contribution in [1.82, 2.24) is 0 Å². The monoisotopic (exact) mass is 255 g/mol. The summed E-state index contributed by atoms with van der Waals surface area (Å²) < 4.78 is 0. The molecule has 1 N–H and O–H groups in total. The first-order valence-corrected chi connectivity index (χ1v) is 6.20. The topological polar surface area (TPSA) is 57.6 Å². The Labute approximate surface area is 110 Å². The standard InChI is InChI=1S/C15H13NO3/c17-14-12(15(18)19)8-9-16(14)13-7-3-5-10-4-1-2-6-11(10)13/h1-7,12H,8-9H2,(H,18,19)/t12-/m0/s1. The lowest BCUT2D eigenvalue weighted by Gasteiger charge is -2.18. The molecule has 3 rings (SSSR count). The van der Waals surface area contributed by atoms with Crippen molar-refractivity contribution in [2.75, 3.05) is 11.4 Å². The molecule has 4 nitrogen and oxygen atoms in total. The van der Waals surface area contributed by atoms with Crippen LogP contribution in [0.1, 0.15) is 6.42 Å². The Bertz CT molecular complexity index is 660. The molecule has 2 aromatic rings. The largest absolute Gasteiger partial charge is 0.481 e. The van der Waals surface area contributed by atoms with E-state index in [0.29, 0.717) is 13.0 Å². The number of amides is 1. The van der Waals surface area contributed by atoms with Gasteiger partial charge in [0.05, 0.1) is 5.69 Å². The summed E-state index contributed by atoms with van der Waals surface area (Å²) in [5, 5.41) is 11.0. The van der Waals surface area contributed by atoms with Crippen LogP contribution in [0.4, 0.5) is 5.69 Å². The van der Waals surface area contributed by atoms with Crippen LogP contribution < -0.4 is 4.90 Å². The first-order valence-electron chi connectivity index (χ1n) is 6.20. The van der Waals surface area contributed by atoms with Crippen LogP contribution in [-0.4, -0.2) is 23.5 Å². The average molecular weight is 255 g/mol. The Morgan fingerprint density at radius 2 is 1.89 bits per heavy atom. The molecule has 96 valence electrons. The molecule has 0 bridgehead atoms. The molecule has 2 aromatic carbocycles. The smallest absolute Gasteiger partial charge is 0.316 e. The minimum Gasteiger partial charge on any atom is -0.481 e. The number of carboxylic acid groups (broad SMARTS) is 1. The molecule has 1 aliphatic rings. The van der Waals surface area contributed by atoms with Crippen LogP contribution in [0, 0.1) is 5.92 Å². The Kier molecular flexibility index (Phi) is 2.71. The van der Waals surface area contributed by atoms with Crippen molar-refractivity contribution in [3.63, 3.8) is 0 Å². The zero-order chi connectivity index (χ0) is 13.4. The van der Waals surface area contributed by atoms with Crippen molar-refractivity contribution in [3.05, 3.63) is 42.5 Å². The van der Waals surface area contributed by atoms with Gasteiger partial charge in [-0.2, -0.15) is 0 Å². The van der Waals surface area contributed by atoms with Gasteiger partial charge in [-0.1, -0.05) is 36.4 Å². The number of anilines is 1. The Morgan fingerprint density at radius 1 is 1.16 bits per heavy atom. The molecule has 0 spiro atoms. The Balaban J connectivity index is 2.06. The van der Waals surface area contributed by atoms with E-state index in [0.717, 1.165) is 16.5 Å². The van der Waals surface area contributed by atoms with Gasteiger partial charge in [-0.05, 0) is 17.9 Å². The summed E-state index contributed by atoms with van der Waals surface area (Å²) in [6, 6.07) is 13.5. The molecule has 1 heterocycles. The molecule has 1 amide bonds. The van der Waals surface area contributed by atoms with E-state index in [2.05, 4.69) is 0 Å². The van der Waals surface area contributed by atoms with Gasteiger partial charge in [0, 0.05) is 11.9 Å². The van der Waals surface area contributed by atoms with Crippen molar-refractivity contribution in [2.24, 2.45) is 5.92 Å². The summed E-state index contributed by atoms with van der Waals surface area (Å²) in [5.74, 6) is -2.25. The van der Waals surface area contributed by atoms with Gasteiger partial charge in [-0.15, -0.1) is 0 Å². The van der Waals surface area contributed by atoms with E-state index in [4.69, 9.17) is 5.11 Å². The third-order valence-electron chi connectivity index (χ3n) is 3.56. The van der Waals surface area contributed by atoms with Gasteiger partial charge in [-0.25, -0.2) is 0 Å². The minimum atomic E-state index is -1.03. The highest BCUT2D eigenvalue weighted by Gasteiger charge is 2.37. The molecule has 1 saturated heterocycles. The lowest BCUT2D eigenvalue weighted by Crippen LogP contribution is -2.30. The molecule has 1 aliphatic heterocycles. The minimum absolute atomic E-state index is 0.316. The first kappa shape index (κ1) is 11.7. The number of benzene rings is 2. The Morgan fingerprint density at radius 3 is 2.63 bits per heavy atom. The molecule has 0 aromatic heterocycles. The van der Waals surface area contributed by atoms with E-state index < -0.39 is 11.9 Å². The predicted octanol–water partition coefficient (Wildman–Crippen LogP) is 2.28. The van der Waals surface area contributed by atoms with E-state index in [1.54, 1.807) is 4.90 Å². The molecule has 1 fully saturated rings. The second-order valence-electron chi connectivity index (χ2n) is 4.67. The summed E-state index contributed by atoms with van der Waals surface area (Å²) in [6.45, 7) is 0.462. The van der Waals surface area contributed by atoms with Crippen molar-refractivity contribution < 1.29 is 14.7 Å². The average Bonchev–Trinajstić information content (AvgIpc) is 2.80. The third-order valence-corrected chi connectivity index (χ3v) is 3.56. The molecule has 0 unspecified atom stereocenters. The molecule has 0 radical (unpaired) electrons. The van der Waals surface area contributed by atoms with Gasteiger partial charge in [0.2, 0.25) is 5.91 Å². The number of carbonyl (C=O) groups excluding carboxylic acids is 1. The van der Waals surface area contributed by atoms with Crippen LogP contribution in [0.3, 0.4) is 0 Å². The van der Waals surface area contributed by atoms with Crippen LogP contribution in [-0.2, 0) is 9.59 Å². The normalized spacial score (nSPS) is 19.1. The number of nitrogens with zero attached hydrogens (tertiary/aromatic N) is 1. The zero-order valence-electron chi connectivity index (χ0n) is 10.2. The van der Waals surface area contributed by atoms with Gasteiger partial charge in [0.25, 0.3) is 0 Å². The summed E-state index contributed by atoms with van der Waals surface area (Å²) in [6.07, 6.45) is 0.372. The number of carbonyl (C=O) groups is 2. The van der Waals surface area contributed by atoms with Crippen LogP contribution >= 0.6 is 0 Å². The molecule has 19 heavy (non-hydrogen) atoms. The van der Waals surface area contributed by atoms with Crippen LogP contribution in [0.15, 0.2) is 42.5 Å². The van der Waals surface area contributed by atoms with Gasteiger partial charge in [-0.3, -0.25) is 9.59 Å². The summed E-state index contributed by atoms with van der Waals surface area (Å²) >= 11 is 0. The lowest BCUT2D eigenvalue weighted by molar-refractivity contribution is -0.144. The number of carboxylic acids is 1. The van der Waals surface area contributed by atoms with E-state index in [1.165, 1.54) is 0 Å². The van der Waals surface area contributed by atoms with E-state index in [1.807, 2.05) is 42.5 Å². The number of aliphatic carboxylic acids is 1. The number of rotatable bonds is 2. The molecular formula is C15H13NO3. The second-order valence-corrected chi connectivity index (χ2v) is 4.67. The van der Waals surface area contributed by atoms with Crippen LogP contribution in [0.5, 0.6) is 0 Å². The van der Waals surface area contributed by atoms with Crippen molar-refractivity contribution in [2.45, 2.75) is 6.42 Å². The van der Waals surface area contributed by atoms with Crippen molar-refractivity contribution in [1.29, 1.82) is 0 Å². The fraction of sp³-hybridized carbons (Fsp3) is 0.200. The van der Waals surface area contributed by atoms with Gasteiger partial charge >= 0.3 is 5.97 Å². The van der Waals surface area contributed by atoms with Crippen LogP contribution in [0.2, 0.25) is 0 Å². The summed E-state index contributed by atoms with van der Waals surface area (Å²) in [4.78, 5) is 24.7. The quantitative estimate of drug-likeness (QED) is 0.837. The van der Waals surface area contributed by atoms with Crippen molar-refractivity contribution in [3.8, 4) is 0 Å². The van der Waals surface area contributed by atoms with Crippen molar-refractivity contribution >= 4 is 28.3 Å². The zero-order valence-corrected chi connectivity index (χ0v) is 10.2. The maximum Gasteiger partial charge on any atom is 0.316 e. The number of fused-ring (bicyclic) bond motifs is 1. The van der Waals surface area contributed by atoms with Gasteiger partial charge in [0.1, 0.15) is 5.92 Å². The van der Waals surface area contributed by atoms with Gasteiger partial charge < -0.3 is 10.0 Å². The van der Waals surface area contributed by atoms with E-state index >= 15 is 0 Å². The number of hydrogen-bond acceptors (Lipinski definition) is 2. The van der Waals surface area contributed by atoms with E-state index in [-0.39, 0.29) is 5.91 Å². The third kappa shape index (κ3) is 1.85. The highest BCUT2D eigenvalue weighted by molar-refractivity contribution is 6.11. The maximum absolute atomic E-state index is 12.1. The second kappa shape index (κ2) is 4.39. The molecule has 4 heteroatoms. The maximum atomic E-state index is 12.1.